The Bertz CT molecular complexity index is 754. The average molecular weight is 311 g/mol. The first-order valence-corrected chi connectivity index (χ1v) is 7.81. The molecular formula is C18H21N3O2. The van der Waals surface area contributed by atoms with Gasteiger partial charge in [-0.1, -0.05) is 30.3 Å². The fourth-order valence-corrected chi connectivity index (χ4v) is 3.26. The summed E-state index contributed by atoms with van der Waals surface area (Å²) in [6.07, 6.45) is 1.60. The number of nitrogens with two attached hydrogens (primary N) is 1. The molecule has 1 aliphatic rings. The van der Waals surface area contributed by atoms with Crippen LogP contribution in [-0.2, 0) is 7.05 Å². The van der Waals surface area contributed by atoms with Gasteiger partial charge in [-0.05, 0) is 24.1 Å². The lowest BCUT2D eigenvalue weighted by molar-refractivity contribution is 0.0785. The molecule has 2 aromatic rings. The second kappa shape index (κ2) is 6.38. The molecule has 0 aliphatic carbocycles. The number of nitrogens with zero attached hydrogens (tertiary/aromatic N) is 2. The lowest BCUT2D eigenvalue weighted by Gasteiger charge is -2.17. The lowest BCUT2D eigenvalue weighted by Crippen LogP contribution is -2.31. The topological polar surface area (TPSA) is 68.3 Å². The minimum atomic E-state index is -0.120. The van der Waals surface area contributed by atoms with E-state index in [-0.39, 0.29) is 23.3 Å². The van der Waals surface area contributed by atoms with Gasteiger partial charge in [0, 0.05) is 38.3 Å². The molecule has 5 heteroatoms. The van der Waals surface area contributed by atoms with Crippen molar-refractivity contribution < 1.29 is 4.79 Å². The Morgan fingerprint density at radius 3 is 2.57 bits per heavy atom. The molecule has 1 saturated heterocycles. The van der Waals surface area contributed by atoms with Crippen molar-refractivity contribution in [1.29, 1.82) is 0 Å². The smallest absolute Gasteiger partial charge is 0.255 e. The molecule has 0 spiro atoms. The maximum atomic E-state index is 12.7. The molecule has 1 aromatic carbocycles. The predicted molar refractivity (Wildman–Crippen MR) is 89.3 cm³/mol. The van der Waals surface area contributed by atoms with Crippen molar-refractivity contribution in [3.8, 4) is 0 Å². The van der Waals surface area contributed by atoms with Crippen LogP contribution < -0.4 is 11.3 Å². The van der Waals surface area contributed by atoms with Crippen LogP contribution in [0.25, 0.3) is 0 Å². The molecule has 0 unspecified atom stereocenters. The van der Waals surface area contributed by atoms with Gasteiger partial charge in [0.25, 0.3) is 5.91 Å². The molecular weight excluding hydrogens is 290 g/mol. The van der Waals surface area contributed by atoms with Crippen LogP contribution in [-0.4, -0.2) is 35.0 Å². The average Bonchev–Trinajstić information content (AvgIpc) is 3.02. The van der Waals surface area contributed by atoms with Gasteiger partial charge >= 0.3 is 0 Å². The molecule has 2 heterocycles. The van der Waals surface area contributed by atoms with Gasteiger partial charge in [0.15, 0.2) is 0 Å². The van der Waals surface area contributed by atoms with Gasteiger partial charge in [-0.15, -0.1) is 0 Å². The van der Waals surface area contributed by atoms with Gasteiger partial charge in [-0.2, -0.15) is 0 Å². The van der Waals surface area contributed by atoms with Crippen LogP contribution in [0.2, 0.25) is 0 Å². The van der Waals surface area contributed by atoms with Crippen molar-refractivity contribution in [3.05, 3.63) is 70.1 Å². The Balaban J connectivity index is 1.83. The van der Waals surface area contributed by atoms with E-state index in [0.717, 1.165) is 0 Å². The minimum absolute atomic E-state index is 0.0440. The van der Waals surface area contributed by atoms with Gasteiger partial charge in [-0.25, -0.2) is 0 Å². The van der Waals surface area contributed by atoms with Crippen molar-refractivity contribution >= 4 is 5.91 Å². The highest BCUT2D eigenvalue weighted by Gasteiger charge is 2.35. The van der Waals surface area contributed by atoms with Crippen molar-refractivity contribution in [3.63, 3.8) is 0 Å². The van der Waals surface area contributed by atoms with Crippen LogP contribution in [0.4, 0.5) is 0 Å². The summed E-state index contributed by atoms with van der Waals surface area (Å²) in [4.78, 5) is 26.0. The van der Waals surface area contributed by atoms with E-state index in [2.05, 4.69) is 12.1 Å². The number of rotatable bonds is 3. The van der Waals surface area contributed by atoms with Crippen LogP contribution in [0, 0.1) is 5.92 Å². The zero-order chi connectivity index (χ0) is 16.4. The molecule has 2 N–H and O–H groups in total. The zero-order valence-corrected chi connectivity index (χ0v) is 13.2. The highest BCUT2D eigenvalue weighted by Crippen LogP contribution is 2.32. The number of benzene rings is 1. The second-order valence-electron chi connectivity index (χ2n) is 6.09. The number of pyridine rings is 1. The Morgan fingerprint density at radius 1 is 1.17 bits per heavy atom. The molecule has 1 fully saturated rings. The van der Waals surface area contributed by atoms with Crippen molar-refractivity contribution in [2.45, 2.75) is 5.92 Å². The quantitative estimate of drug-likeness (QED) is 0.926. The van der Waals surface area contributed by atoms with Gasteiger partial charge in [-0.3, -0.25) is 9.59 Å². The summed E-state index contributed by atoms with van der Waals surface area (Å²) < 4.78 is 1.43. The van der Waals surface area contributed by atoms with E-state index in [0.29, 0.717) is 25.2 Å². The molecule has 1 aromatic heterocycles. The second-order valence-corrected chi connectivity index (χ2v) is 6.09. The van der Waals surface area contributed by atoms with Crippen LogP contribution >= 0.6 is 0 Å². The van der Waals surface area contributed by atoms with E-state index < -0.39 is 0 Å². The van der Waals surface area contributed by atoms with E-state index in [1.165, 1.54) is 16.2 Å². The first-order chi connectivity index (χ1) is 11.1. The first kappa shape index (κ1) is 15.5. The standard InChI is InChI=1S/C18H21N3O2/c1-20-10-14(7-8-17(20)22)18(23)21-11-15(9-19)16(12-21)13-5-3-2-4-6-13/h2-8,10,15-16H,9,11-12,19H2,1H3/t15-,16+/m1/s1. The number of hydrogen-bond acceptors (Lipinski definition) is 3. The van der Waals surface area contributed by atoms with Crippen LogP contribution in [0.15, 0.2) is 53.5 Å². The molecule has 5 nitrogen and oxygen atoms in total. The normalized spacial score (nSPS) is 20.7. The third kappa shape index (κ3) is 3.05. The maximum Gasteiger partial charge on any atom is 0.255 e. The summed E-state index contributed by atoms with van der Waals surface area (Å²) >= 11 is 0. The number of carbonyl (C=O) groups excluding carboxylic acids is 1. The number of likely N-dealkylation sites (tertiary alicyclic amines) is 1. The lowest BCUT2D eigenvalue weighted by atomic mass is 9.89. The van der Waals surface area contributed by atoms with E-state index in [4.69, 9.17) is 5.73 Å². The predicted octanol–water partition coefficient (Wildman–Crippen LogP) is 1.20. The molecule has 1 amide bonds. The van der Waals surface area contributed by atoms with Crippen molar-refractivity contribution in [2.24, 2.45) is 18.7 Å². The summed E-state index contributed by atoms with van der Waals surface area (Å²) in [5, 5.41) is 0. The Hall–Kier alpha value is -2.40. The van der Waals surface area contributed by atoms with Gasteiger partial charge < -0.3 is 15.2 Å². The zero-order valence-electron chi connectivity index (χ0n) is 13.2. The molecule has 0 saturated carbocycles. The first-order valence-electron chi connectivity index (χ1n) is 7.81. The van der Waals surface area contributed by atoms with E-state index in [9.17, 15) is 9.59 Å². The molecule has 0 radical (unpaired) electrons. The molecule has 3 rings (SSSR count). The number of amides is 1. The molecule has 0 bridgehead atoms. The van der Waals surface area contributed by atoms with Gasteiger partial charge in [0.05, 0.1) is 5.56 Å². The number of hydrogen-bond donors (Lipinski definition) is 1. The Labute approximate surface area is 135 Å². The summed E-state index contributed by atoms with van der Waals surface area (Å²) in [5.41, 5.74) is 7.56. The van der Waals surface area contributed by atoms with Crippen LogP contribution in [0.3, 0.4) is 0 Å². The minimum Gasteiger partial charge on any atom is -0.338 e. The Morgan fingerprint density at radius 2 is 1.91 bits per heavy atom. The van der Waals surface area contributed by atoms with Gasteiger partial charge in [0.2, 0.25) is 5.56 Å². The SMILES string of the molecule is Cn1cc(C(=O)N2C[C@@H](CN)[C@H](c3ccccc3)C2)ccc1=O. The van der Waals surface area contributed by atoms with E-state index in [1.807, 2.05) is 23.1 Å². The number of carbonyl (C=O) groups is 1. The van der Waals surface area contributed by atoms with Crippen LogP contribution in [0.1, 0.15) is 21.8 Å². The largest absolute Gasteiger partial charge is 0.338 e. The highest BCUT2D eigenvalue weighted by molar-refractivity contribution is 5.94. The molecule has 2 atom stereocenters. The fraction of sp³-hybridized carbons (Fsp3) is 0.333. The highest BCUT2D eigenvalue weighted by atomic mass is 16.2. The van der Waals surface area contributed by atoms with E-state index >= 15 is 0 Å². The van der Waals surface area contributed by atoms with Crippen LogP contribution in [0.5, 0.6) is 0 Å². The Kier molecular flexibility index (Phi) is 4.30. The fourth-order valence-electron chi connectivity index (χ4n) is 3.26. The van der Waals surface area contributed by atoms with Crippen molar-refractivity contribution in [1.82, 2.24) is 9.47 Å². The summed E-state index contributed by atoms with van der Waals surface area (Å²) in [5.74, 6) is 0.476. The molecule has 120 valence electrons. The maximum absolute atomic E-state index is 12.7. The summed E-state index contributed by atoms with van der Waals surface area (Å²) in [7, 11) is 1.65. The van der Waals surface area contributed by atoms with E-state index in [1.54, 1.807) is 19.3 Å². The third-order valence-corrected chi connectivity index (χ3v) is 4.59. The van der Waals surface area contributed by atoms with Crippen molar-refractivity contribution in [2.75, 3.05) is 19.6 Å². The summed E-state index contributed by atoms with van der Waals surface area (Å²) in [6.45, 7) is 1.86. The molecule has 1 aliphatic heterocycles. The monoisotopic (exact) mass is 311 g/mol. The number of aryl methyl sites for hydroxylation is 1. The summed E-state index contributed by atoms with van der Waals surface area (Å²) in [6, 6.07) is 13.2. The third-order valence-electron chi connectivity index (χ3n) is 4.59. The molecule has 23 heavy (non-hydrogen) atoms. The van der Waals surface area contributed by atoms with Gasteiger partial charge in [0.1, 0.15) is 0 Å². The number of aromatic nitrogens is 1.